The quantitative estimate of drug-likeness (QED) is 0.799. The van der Waals surface area contributed by atoms with Crippen LogP contribution in [-0.4, -0.2) is 15.5 Å². The molecule has 0 aromatic heterocycles. The fourth-order valence-corrected chi connectivity index (χ4v) is 4.18. The maximum atomic E-state index is 12.5. The van der Waals surface area contributed by atoms with Crippen molar-refractivity contribution in [1.82, 2.24) is 4.72 Å². The molecule has 0 aliphatic carbocycles. The Bertz CT molecular complexity index is 773. The minimum absolute atomic E-state index is 0.196. The second kappa shape index (κ2) is 7.47. The highest BCUT2D eigenvalue weighted by atomic mass is 79.9. The lowest BCUT2D eigenvalue weighted by Gasteiger charge is -2.15. The van der Waals surface area contributed by atoms with Crippen LogP contribution in [-0.2, 0) is 16.4 Å². The molecule has 2 aromatic carbocycles. The van der Waals surface area contributed by atoms with Crippen LogP contribution in [0.5, 0.6) is 5.75 Å². The van der Waals surface area contributed by atoms with Crippen molar-refractivity contribution in [3.63, 3.8) is 0 Å². The summed E-state index contributed by atoms with van der Waals surface area (Å²) in [5, 5.41) is 0. The van der Waals surface area contributed by atoms with Gasteiger partial charge in [-0.3, -0.25) is 0 Å². The molecular weight excluding hydrogens is 378 g/mol. The summed E-state index contributed by atoms with van der Waals surface area (Å²) in [5.41, 5.74) is 2.15. The molecule has 0 saturated heterocycles. The lowest BCUT2D eigenvalue weighted by molar-refractivity contribution is 0.411. The van der Waals surface area contributed by atoms with E-state index in [0.29, 0.717) is 10.2 Å². The molecule has 0 radical (unpaired) electrons. The second-order valence-electron chi connectivity index (χ2n) is 5.23. The predicted octanol–water partition coefficient (Wildman–Crippen LogP) is 4.06. The third kappa shape index (κ3) is 4.34. The van der Waals surface area contributed by atoms with Crippen LogP contribution in [0.4, 0.5) is 0 Å². The summed E-state index contributed by atoms with van der Waals surface area (Å²) in [7, 11) is -2.07. The lowest BCUT2D eigenvalue weighted by Crippen LogP contribution is -2.26. The fourth-order valence-electron chi connectivity index (χ4n) is 2.23. The van der Waals surface area contributed by atoms with Gasteiger partial charge in [0.05, 0.1) is 16.5 Å². The number of halogens is 1. The van der Waals surface area contributed by atoms with Gasteiger partial charge in [-0.25, -0.2) is 13.1 Å². The molecule has 0 amide bonds. The standard InChI is InChI=1S/C17H20BrNO3S/c1-4-13-5-7-14(8-6-13)12(2)19-23(20,21)15-9-10-17(22-3)16(18)11-15/h5-12,19H,4H2,1-3H3/t12-/m1/s1. The Morgan fingerprint density at radius 1 is 1.17 bits per heavy atom. The Hall–Kier alpha value is -1.37. The molecule has 0 spiro atoms. The molecule has 0 aliphatic rings. The van der Waals surface area contributed by atoms with E-state index in [1.54, 1.807) is 6.07 Å². The topological polar surface area (TPSA) is 55.4 Å². The van der Waals surface area contributed by atoms with Gasteiger partial charge in [0.25, 0.3) is 0 Å². The third-order valence-electron chi connectivity index (χ3n) is 3.65. The molecule has 0 unspecified atom stereocenters. The maximum Gasteiger partial charge on any atom is 0.241 e. The average Bonchev–Trinajstić information content (AvgIpc) is 2.54. The van der Waals surface area contributed by atoms with Gasteiger partial charge in [0, 0.05) is 6.04 Å². The zero-order valence-corrected chi connectivity index (χ0v) is 15.7. The van der Waals surface area contributed by atoms with E-state index < -0.39 is 10.0 Å². The van der Waals surface area contributed by atoms with Crippen LogP contribution in [0.25, 0.3) is 0 Å². The molecule has 0 bridgehead atoms. The molecule has 1 atom stereocenters. The van der Waals surface area contributed by atoms with Crippen molar-refractivity contribution in [1.29, 1.82) is 0 Å². The highest BCUT2D eigenvalue weighted by Crippen LogP contribution is 2.28. The summed E-state index contributed by atoms with van der Waals surface area (Å²) in [6.45, 7) is 3.92. The molecular formula is C17H20BrNO3S. The summed E-state index contributed by atoms with van der Waals surface area (Å²) in [4.78, 5) is 0.196. The number of benzene rings is 2. The van der Waals surface area contributed by atoms with Crippen molar-refractivity contribution in [3.05, 3.63) is 58.1 Å². The summed E-state index contributed by atoms with van der Waals surface area (Å²) in [5.74, 6) is 0.590. The van der Waals surface area contributed by atoms with Gasteiger partial charge in [0.15, 0.2) is 0 Å². The molecule has 0 heterocycles. The zero-order valence-electron chi connectivity index (χ0n) is 13.3. The van der Waals surface area contributed by atoms with Crippen LogP contribution in [0.15, 0.2) is 51.8 Å². The Kier molecular flexibility index (Phi) is 5.84. The van der Waals surface area contributed by atoms with Crippen molar-refractivity contribution in [2.45, 2.75) is 31.2 Å². The van der Waals surface area contributed by atoms with Gasteiger partial charge in [-0.1, -0.05) is 31.2 Å². The van der Waals surface area contributed by atoms with Crippen LogP contribution in [0.3, 0.4) is 0 Å². The third-order valence-corrected chi connectivity index (χ3v) is 5.81. The molecule has 0 aliphatic heterocycles. The number of hydrogen-bond acceptors (Lipinski definition) is 3. The van der Waals surface area contributed by atoms with Gasteiger partial charge in [-0.15, -0.1) is 0 Å². The van der Waals surface area contributed by atoms with E-state index >= 15 is 0 Å². The van der Waals surface area contributed by atoms with Crippen LogP contribution < -0.4 is 9.46 Å². The summed E-state index contributed by atoms with van der Waals surface area (Å²) >= 11 is 3.31. The Balaban J connectivity index is 2.21. The molecule has 2 rings (SSSR count). The first-order valence-electron chi connectivity index (χ1n) is 7.32. The largest absolute Gasteiger partial charge is 0.496 e. The van der Waals surface area contributed by atoms with Crippen molar-refractivity contribution in [3.8, 4) is 5.75 Å². The van der Waals surface area contributed by atoms with Crippen LogP contribution in [0, 0.1) is 0 Å². The van der Waals surface area contributed by atoms with E-state index in [9.17, 15) is 8.42 Å². The van der Waals surface area contributed by atoms with Gasteiger partial charge in [0.2, 0.25) is 10.0 Å². The number of rotatable bonds is 6. The van der Waals surface area contributed by atoms with Crippen molar-refractivity contribution >= 4 is 26.0 Å². The predicted molar refractivity (Wildman–Crippen MR) is 95.3 cm³/mol. The zero-order chi connectivity index (χ0) is 17.0. The minimum Gasteiger partial charge on any atom is -0.496 e. The van der Waals surface area contributed by atoms with Gasteiger partial charge in [-0.05, 0) is 58.6 Å². The fraction of sp³-hybridized carbons (Fsp3) is 0.294. The van der Waals surface area contributed by atoms with Gasteiger partial charge >= 0.3 is 0 Å². The summed E-state index contributed by atoms with van der Waals surface area (Å²) in [6.07, 6.45) is 0.959. The normalized spacial score (nSPS) is 12.9. The van der Waals surface area contributed by atoms with E-state index in [2.05, 4.69) is 27.6 Å². The van der Waals surface area contributed by atoms with Crippen LogP contribution >= 0.6 is 15.9 Å². The molecule has 4 nitrogen and oxygen atoms in total. The molecule has 23 heavy (non-hydrogen) atoms. The Morgan fingerprint density at radius 2 is 1.83 bits per heavy atom. The molecule has 124 valence electrons. The Morgan fingerprint density at radius 3 is 2.35 bits per heavy atom. The van der Waals surface area contributed by atoms with Crippen LogP contribution in [0.2, 0.25) is 0 Å². The van der Waals surface area contributed by atoms with Crippen molar-refractivity contribution < 1.29 is 13.2 Å². The van der Waals surface area contributed by atoms with E-state index in [1.165, 1.54) is 24.8 Å². The minimum atomic E-state index is -3.61. The number of methoxy groups -OCH3 is 1. The highest BCUT2D eigenvalue weighted by Gasteiger charge is 2.19. The molecule has 1 N–H and O–H groups in total. The van der Waals surface area contributed by atoms with Gasteiger partial charge in [-0.2, -0.15) is 0 Å². The number of aryl methyl sites for hydroxylation is 1. The number of ether oxygens (including phenoxy) is 1. The molecule has 0 saturated carbocycles. The van der Waals surface area contributed by atoms with Gasteiger partial charge in [0.1, 0.15) is 5.75 Å². The Labute approximate surface area is 146 Å². The smallest absolute Gasteiger partial charge is 0.241 e. The highest BCUT2D eigenvalue weighted by molar-refractivity contribution is 9.10. The molecule has 0 fully saturated rings. The van der Waals surface area contributed by atoms with E-state index in [1.807, 2.05) is 31.2 Å². The average molecular weight is 398 g/mol. The van der Waals surface area contributed by atoms with E-state index in [-0.39, 0.29) is 10.9 Å². The van der Waals surface area contributed by atoms with E-state index in [4.69, 9.17) is 4.74 Å². The molecule has 6 heteroatoms. The monoisotopic (exact) mass is 397 g/mol. The van der Waals surface area contributed by atoms with Crippen LogP contribution in [0.1, 0.15) is 31.0 Å². The number of sulfonamides is 1. The first-order chi connectivity index (χ1) is 10.9. The van der Waals surface area contributed by atoms with Crippen molar-refractivity contribution in [2.24, 2.45) is 0 Å². The maximum absolute atomic E-state index is 12.5. The second-order valence-corrected chi connectivity index (χ2v) is 7.80. The van der Waals surface area contributed by atoms with Crippen molar-refractivity contribution in [2.75, 3.05) is 7.11 Å². The first kappa shape index (κ1) is 18.0. The SMILES string of the molecule is CCc1ccc([C@@H](C)NS(=O)(=O)c2ccc(OC)c(Br)c2)cc1. The number of hydrogen-bond donors (Lipinski definition) is 1. The summed E-state index contributed by atoms with van der Waals surface area (Å²) < 4.78 is 33.5. The molecule has 2 aromatic rings. The lowest BCUT2D eigenvalue weighted by atomic mass is 10.1. The first-order valence-corrected chi connectivity index (χ1v) is 9.59. The van der Waals surface area contributed by atoms with Gasteiger partial charge < -0.3 is 4.74 Å². The number of nitrogens with one attached hydrogen (secondary N) is 1. The summed E-state index contributed by atoms with van der Waals surface area (Å²) in [6, 6.07) is 12.3. The van der Waals surface area contributed by atoms with E-state index in [0.717, 1.165) is 12.0 Å².